The SMILES string of the molecule is CCN(CC(=O)Nc1ccc2c(c1)OCCO2)Cc1cnc(N)s1. The molecule has 0 atom stereocenters. The number of nitrogens with zero attached hydrogens (tertiary/aromatic N) is 2. The van der Waals surface area contributed by atoms with Crippen LogP contribution >= 0.6 is 11.3 Å². The molecule has 1 aromatic carbocycles. The van der Waals surface area contributed by atoms with Crippen LogP contribution in [0.5, 0.6) is 11.5 Å². The number of hydrogen-bond acceptors (Lipinski definition) is 7. The second kappa shape index (κ2) is 7.50. The third kappa shape index (κ3) is 4.15. The summed E-state index contributed by atoms with van der Waals surface area (Å²) in [5.74, 6) is 1.29. The van der Waals surface area contributed by atoms with Gasteiger partial charge in [0.25, 0.3) is 0 Å². The molecule has 3 N–H and O–H groups in total. The minimum absolute atomic E-state index is 0.0778. The Balaban J connectivity index is 1.57. The summed E-state index contributed by atoms with van der Waals surface area (Å²) in [6.45, 7) is 4.79. The Bertz CT molecular complexity index is 719. The minimum atomic E-state index is -0.0778. The summed E-state index contributed by atoms with van der Waals surface area (Å²) >= 11 is 1.44. The van der Waals surface area contributed by atoms with E-state index in [0.717, 1.165) is 11.4 Å². The lowest BCUT2D eigenvalue weighted by Gasteiger charge is -2.20. The first-order valence-corrected chi connectivity index (χ1v) is 8.57. The second-order valence-electron chi connectivity index (χ2n) is 5.37. The van der Waals surface area contributed by atoms with Crippen molar-refractivity contribution in [2.75, 3.05) is 37.4 Å². The number of hydrogen-bond donors (Lipinski definition) is 2. The van der Waals surface area contributed by atoms with E-state index in [2.05, 4.69) is 10.3 Å². The van der Waals surface area contributed by atoms with Gasteiger partial charge in [-0.05, 0) is 18.7 Å². The highest BCUT2D eigenvalue weighted by Gasteiger charge is 2.15. The molecule has 1 aromatic heterocycles. The maximum atomic E-state index is 12.3. The smallest absolute Gasteiger partial charge is 0.238 e. The fourth-order valence-electron chi connectivity index (χ4n) is 2.42. The molecule has 7 nitrogen and oxygen atoms in total. The van der Waals surface area contributed by atoms with Gasteiger partial charge in [-0.15, -0.1) is 11.3 Å². The molecule has 1 aliphatic heterocycles. The number of thiazole rings is 1. The lowest BCUT2D eigenvalue weighted by molar-refractivity contribution is -0.117. The fraction of sp³-hybridized carbons (Fsp3) is 0.375. The van der Waals surface area contributed by atoms with Gasteiger partial charge in [-0.3, -0.25) is 9.69 Å². The summed E-state index contributed by atoms with van der Waals surface area (Å²) < 4.78 is 11.0. The Labute approximate surface area is 144 Å². The molecule has 0 fully saturated rings. The first kappa shape index (κ1) is 16.5. The molecule has 2 heterocycles. The highest BCUT2D eigenvalue weighted by Crippen LogP contribution is 2.32. The van der Waals surface area contributed by atoms with Crippen LogP contribution < -0.4 is 20.5 Å². The summed E-state index contributed by atoms with van der Waals surface area (Å²) in [6, 6.07) is 5.40. The molecule has 0 aliphatic carbocycles. The monoisotopic (exact) mass is 348 g/mol. The highest BCUT2D eigenvalue weighted by molar-refractivity contribution is 7.15. The third-order valence-electron chi connectivity index (χ3n) is 3.59. The Morgan fingerprint density at radius 2 is 2.17 bits per heavy atom. The first-order valence-electron chi connectivity index (χ1n) is 7.76. The molecule has 0 saturated heterocycles. The predicted octanol–water partition coefficient (Wildman–Crippen LogP) is 1.96. The zero-order valence-electron chi connectivity index (χ0n) is 13.4. The van der Waals surface area contributed by atoms with Crippen LogP contribution in [-0.2, 0) is 11.3 Å². The van der Waals surface area contributed by atoms with Gasteiger partial charge in [0.2, 0.25) is 5.91 Å². The van der Waals surface area contributed by atoms with Gasteiger partial charge in [-0.1, -0.05) is 6.92 Å². The van der Waals surface area contributed by atoms with Gasteiger partial charge in [0.05, 0.1) is 6.54 Å². The van der Waals surface area contributed by atoms with E-state index in [-0.39, 0.29) is 5.91 Å². The number of nitrogens with two attached hydrogens (primary N) is 1. The van der Waals surface area contributed by atoms with Crippen molar-refractivity contribution in [2.45, 2.75) is 13.5 Å². The van der Waals surface area contributed by atoms with Crippen molar-refractivity contribution >= 4 is 28.1 Å². The number of likely N-dealkylation sites (N-methyl/N-ethyl adjacent to an activating group) is 1. The van der Waals surface area contributed by atoms with Gasteiger partial charge in [-0.2, -0.15) is 0 Å². The zero-order valence-corrected chi connectivity index (χ0v) is 14.3. The molecule has 8 heteroatoms. The number of aromatic nitrogens is 1. The van der Waals surface area contributed by atoms with Crippen molar-refractivity contribution in [1.29, 1.82) is 0 Å². The largest absolute Gasteiger partial charge is 0.486 e. The van der Waals surface area contributed by atoms with Crippen molar-refractivity contribution in [1.82, 2.24) is 9.88 Å². The molecule has 3 rings (SSSR count). The number of ether oxygens (including phenoxy) is 2. The van der Waals surface area contributed by atoms with Gasteiger partial charge >= 0.3 is 0 Å². The maximum Gasteiger partial charge on any atom is 0.238 e. The number of benzene rings is 1. The van der Waals surface area contributed by atoms with Crippen LogP contribution in [0.4, 0.5) is 10.8 Å². The van der Waals surface area contributed by atoms with Gasteiger partial charge in [0.1, 0.15) is 13.2 Å². The molecule has 0 saturated carbocycles. The maximum absolute atomic E-state index is 12.3. The molecule has 2 aromatic rings. The van der Waals surface area contributed by atoms with E-state index < -0.39 is 0 Å². The van der Waals surface area contributed by atoms with E-state index in [1.54, 1.807) is 12.3 Å². The number of rotatable bonds is 6. The van der Waals surface area contributed by atoms with Crippen LogP contribution in [0.3, 0.4) is 0 Å². The molecule has 1 amide bonds. The average Bonchev–Trinajstić information content (AvgIpc) is 2.99. The summed E-state index contributed by atoms with van der Waals surface area (Å²) in [7, 11) is 0. The van der Waals surface area contributed by atoms with Crippen LogP contribution in [0.1, 0.15) is 11.8 Å². The normalized spacial score (nSPS) is 13.1. The van der Waals surface area contributed by atoms with Crippen LogP contribution in [0, 0.1) is 0 Å². The Morgan fingerprint density at radius 3 is 2.88 bits per heavy atom. The molecule has 0 unspecified atom stereocenters. The van der Waals surface area contributed by atoms with Crippen molar-refractivity contribution in [3.8, 4) is 11.5 Å². The van der Waals surface area contributed by atoms with E-state index in [0.29, 0.717) is 48.6 Å². The average molecular weight is 348 g/mol. The molecule has 1 aliphatic rings. The topological polar surface area (TPSA) is 89.7 Å². The Morgan fingerprint density at radius 1 is 1.38 bits per heavy atom. The molecule has 0 radical (unpaired) electrons. The number of fused-ring (bicyclic) bond motifs is 1. The van der Waals surface area contributed by atoms with Crippen molar-refractivity contribution in [2.24, 2.45) is 0 Å². The van der Waals surface area contributed by atoms with E-state index in [1.165, 1.54) is 11.3 Å². The zero-order chi connectivity index (χ0) is 16.9. The van der Waals surface area contributed by atoms with Crippen molar-refractivity contribution in [3.05, 3.63) is 29.3 Å². The quantitative estimate of drug-likeness (QED) is 0.829. The number of carbonyl (C=O) groups excluding carboxylic acids is 1. The molecule has 128 valence electrons. The summed E-state index contributed by atoms with van der Waals surface area (Å²) in [5.41, 5.74) is 6.34. The number of anilines is 2. The van der Waals surface area contributed by atoms with Crippen molar-refractivity contribution in [3.63, 3.8) is 0 Å². The number of amides is 1. The van der Waals surface area contributed by atoms with E-state index >= 15 is 0 Å². The standard InChI is InChI=1S/C16H20N4O3S/c1-2-20(9-12-8-18-16(17)24-12)10-15(21)19-11-3-4-13-14(7-11)23-6-5-22-13/h3-4,7-8H,2,5-6,9-10H2,1H3,(H2,17,18)(H,19,21). The van der Waals surface area contributed by atoms with Crippen LogP contribution in [-0.4, -0.2) is 42.1 Å². The fourth-order valence-corrected chi connectivity index (χ4v) is 3.15. The lowest BCUT2D eigenvalue weighted by atomic mass is 10.2. The number of nitrogen functional groups attached to an aromatic ring is 1. The van der Waals surface area contributed by atoms with E-state index in [4.69, 9.17) is 15.2 Å². The van der Waals surface area contributed by atoms with E-state index in [1.807, 2.05) is 24.0 Å². The van der Waals surface area contributed by atoms with Crippen LogP contribution in [0.15, 0.2) is 24.4 Å². The lowest BCUT2D eigenvalue weighted by Crippen LogP contribution is -2.32. The van der Waals surface area contributed by atoms with Gasteiger partial charge in [-0.25, -0.2) is 4.98 Å². The van der Waals surface area contributed by atoms with Gasteiger partial charge in [0.15, 0.2) is 16.6 Å². The highest BCUT2D eigenvalue weighted by atomic mass is 32.1. The van der Waals surface area contributed by atoms with E-state index in [9.17, 15) is 4.79 Å². The predicted molar refractivity (Wildman–Crippen MR) is 93.5 cm³/mol. The number of carbonyl (C=O) groups is 1. The minimum Gasteiger partial charge on any atom is -0.486 e. The van der Waals surface area contributed by atoms with Crippen LogP contribution in [0.2, 0.25) is 0 Å². The Kier molecular flexibility index (Phi) is 5.17. The number of nitrogens with one attached hydrogen (secondary N) is 1. The molecular formula is C16H20N4O3S. The second-order valence-corrected chi connectivity index (χ2v) is 6.52. The van der Waals surface area contributed by atoms with Crippen molar-refractivity contribution < 1.29 is 14.3 Å². The third-order valence-corrected chi connectivity index (χ3v) is 4.40. The Hall–Kier alpha value is -2.32. The first-order chi connectivity index (χ1) is 11.6. The molecule has 0 spiro atoms. The van der Waals surface area contributed by atoms with Gasteiger partial charge < -0.3 is 20.5 Å². The summed E-state index contributed by atoms with van der Waals surface area (Å²) in [4.78, 5) is 19.4. The molecule has 0 bridgehead atoms. The summed E-state index contributed by atoms with van der Waals surface area (Å²) in [5, 5.41) is 3.44. The van der Waals surface area contributed by atoms with Gasteiger partial charge in [0, 0.05) is 29.4 Å². The summed E-state index contributed by atoms with van der Waals surface area (Å²) in [6.07, 6.45) is 1.75. The molecular weight excluding hydrogens is 328 g/mol. The molecule has 24 heavy (non-hydrogen) atoms. The van der Waals surface area contributed by atoms with Crippen LogP contribution in [0.25, 0.3) is 0 Å².